The Bertz CT molecular complexity index is 402. The first-order valence-electron chi connectivity index (χ1n) is 6.03. The highest BCUT2D eigenvalue weighted by Gasteiger charge is 2.25. The topological polar surface area (TPSA) is 3.24 Å². The smallest absolute Gasteiger partial charge is 0.197 e. The fraction of sp³-hybridized carbons (Fsp3) is 0.538. The highest BCUT2D eigenvalue weighted by atomic mass is 19.2. The summed E-state index contributed by atoms with van der Waals surface area (Å²) in [6.07, 6.45) is 1.58. The van der Waals surface area contributed by atoms with Gasteiger partial charge in [-0.25, -0.2) is 17.6 Å². The van der Waals surface area contributed by atoms with E-state index in [1.807, 2.05) is 6.92 Å². The molecule has 1 rings (SSSR count). The van der Waals surface area contributed by atoms with Gasteiger partial charge in [-0.15, -0.1) is 0 Å². The maximum atomic E-state index is 13.9. The molecule has 0 heterocycles. The predicted molar refractivity (Wildman–Crippen MR) is 63.8 cm³/mol. The third kappa shape index (κ3) is 2.60. The minimum absolute atomic E-state index is 0.332. The number of hydrogen-bond acceptors (Lipinski definition) is 1. The highest BCUT2D eigenvalue weighted by Crippen LogP contribution is 2.30. The largest absolute Gasteiger partial charge is 0.367 e. The monoisotopic (exact) mass is 263 g/mol. The molecule has 0 amide bonds. The summed E-state index contributed by atoms with van der Waals surface area (Å²) in [5.74, 6) is -5.54. The molecule has 1 nitrogen and oxygen atoms in total. The van der Waals surface area contributed by atoms with Gasteiger partial charge in [0.2, 0.25) is 0 Å². The van der Waals surface area contributed by atoms with Crippen LogP contribution >= 0.6 is 0 Å². The summed E-state index contributed by atoms with van der Waals surface area (Å²) in [7, 11) is 0. The van der Waals surface area contributed by atoms with Gasteiger partial charge >= 0.3 is 0 Å². The van der Waals surface area contributed by atoms with Gasteiger partial charge in [0, 0.05) is 18.7 Å². The summed E-state index contributed by atoms with van der Waals surface area (Å²) in [5, 5.41) is 0. The van der Waals surface area contributed by atoms with Gasteiger partial charge < -0.3 is 4.90 Å². The molecule has 0 fully saturated rings. The third-order valence-electron chi connectivity index (χ3n) is 2.94. The van der Waals surface area contributed by atoms with Gasteiger partial charge in [0.05, 0.1) is 0 Å². The van der Waals surface area contributed by atoms with Crippen molar-refractivity contribution in [1.82, 2.24) is 0 Å². The molecule has 0 saturated heterocycles. The first-order chi connectivity index (χ1) is 8.45. The van der Waals surface area contributed by atoms with E-state index in [-0.39, 0.29) is 0 Å². The van der Waals surface area contributed by atoms with Crippen molar-refractivity contribution in [3.63, 3.8) is 0 Å². The third-order valence-corrected chi connectivity index (χ3v) is 2.94. The van der Waals surface area contributed by atoms with Gasteiger partial charge in [-0.1, -0.05) is 13.3 Å². The van der Waals surface area contributed by atoms with E-state index in [1.54, 1.807) is 6.92 Å². The zero-order valence-electron chi connectivity index (χ0n) is 10.8. The van der Waals surface area contributed by atoms with Crippen LogP contribution in [0.2, 0.25) is 0 Å². The van der Waals surface area contributed by atoms with Crippen molar-refractivity contribution in [3.05, 3.63) is 28.8 Å². The molecule has 1 aromatic carbocycles. The van der Waals surface area contributed by atoms with E-state index >= 15 is 0 Å². The summed E-state index contributed by atoms with van der Waals surface area (Å²) in [4.78, 5) is 1.39. The lowest BCUT2D eigenvalue weighted by Gasteiger charge is -2.25. The van der Waals surface area contributed by atoms with E-state index in [2.05, 4.69) is 0 Å². The summed E-state index contributed by atoms with van der Waals surface area (Å²) in [5.41, 5.74) is -0.957. The van der Waals surface area contributed by atoms with E-state index in [0.29, 0.717) is 13.1 Å². The maximum absolute atomic E-state index is 13.9. The Morgan fingerprint density at radius 2 is 1.50 bits per heavy atom. The van der Waals surface area contributed by atoms with Crippen molar-refractivity contribution in [3.8, 4) is 0 Å². The van der Waals surface area contributed by atoms with Crippen LogP contribution in [0.15, 0.2) is 0 Å². The van der Waals surface area contributed by atoms with E-state index in [9.17, 15) is 17.6 Å². The first-order valence-corrected chi connectivity index (χ1v) is 6.03. The first kappa shape index (κ1) is 14.8. The van der Waals surface area contributed by atoms with E-state index in [4.69, 9.17) is 0 Å². The van der Waals surface area contributed by atoms with Crippen molar-refractivity contribution in [2.75, 3.05) is 18.0 Å². The second-order valence-corrected chi connectivity index (χ2v) is 4.16. The van der Waals surface area contributed by atoms with Crippen molar-refractivity contribution >= 4 is 5.69 Å². The number of halogens is 4. The summed E-state index contributed by atoms with van der Waals surface area (Å²) in [6.45, 7) is 5.50. The molecule has 0 spiro atoms. The summed E-state index contributed by atoms with van der Waals surface area (Å²) >= 11 is 0. The van der Waals surface area contributed by atoms with Gasteiger partial charge in [-0.3, -0.25) is 0 Å². The minimum atomic E-state index is -1.61. The van der Waals surface area contributed by atoms with Crippen molar-refractivity contribution in [1.29, 1.82) is 0 Å². The Kier molecular flexibility index (Phi) is 4.99. The lowest BCUT2D eigenvalue weighted by Crippen LogP contribution is -2.27. The predicted octanol–water partition coefficient (Wildman–Crippen LogP) is 4.18. The molecule has 0 unspecified atom stereocenters. The summed E-state index contributed by atoms with van der Waals surface area (Å²) in [6, 6.07) is 0. The molecule has 0 aliphatic carbocycles. The van der Waals surface area contributed by atoms with Crippen molar-refractivity contribution in [2.45, 2.75) is 33.6 Å². The second-order valence-electron chi connectivity index (χ2n) is 4.16. The number of unbranched alkanes of at least 4 members (excludes halogenated alkanes) is 1. The average Bonchev–Trinajstić information content (AvgIpc) is 2.38. The molecule has 0 aliphatic heterocycles. The van der Waals surface area contributed by atoms with Gasteiger partial charge in [-0.05, 0) is 20.3 Å². The molecule has 0 N–H and O–H groups in total. The van der Waals surface area contributed by atoms with Crippen LogP contribution in [0.1, 0.15) is 32.3 Å². The van der Waals surface area contributed by atoms with Gasteiger partial charge in [0.15, 0.2) is 23.3 Å². The SMILES string of the molecule is CCCCN(CC)c1c(F)c(C)c(F)c(F)c1F. The Morgan fingerprint density at radius 1 is 0.889 bits per heavy atom. The molecular weight excluding hydrogens is 246 g/mol. The van der Waals surface area contributed by atoms with Gasteiger partial charge in [0.1, 0.15) is 5.69 Å². The molecule has 18 heavy (non-hydrogen) atoms. The molecule has 0 aliphatic rings. The highest BCUT2D eigenvalue weighted by molar-refractivity contribution is 5.52. The second kappa shape index (κ2) is 6.07. The number of rotatable bonds is 5. The van der Waals surface area contributed by atoms with Crippen LogP contribution in [-0.2, 0) is 0 Å². The lowest BCUT2D eigenvalue weighted by atomic mass is 10.1. The van der Waals surface area contributed by atoms with Gasteiger partial charge in [0.25, 0.3) is 0 Å². The zero-order valence-corrected chi connectivity index (χ0v) is 10.8. The van der Waals surface area contributed by atoms with Crippen LogP contribution in [0.5, 0.6) is 0 Å². The standard InChI is InChI=1S/C13H17F4N/c1-4-6-7-18(5-2)13-10(15)8(3)9(14)11(16)12(13)17/h4-7H2,1-3H3. The zero-order chi connectivity index (χ0) is 13.9. The minimum Gasteiger partial charge on any atom is -0.367 e. The molecule has 5 heteroatoms. The van der Waals surface area contributed by atoms with Crippen LogP contribution in [0.25, 0.3) is 0 Å². The van der Waals surface area contributed by atoms with Crippen LogP contribution in [0.4, 0.5) is 23.2 Å². The molecule has 1 aromatic rings. The number of nitrogens with zero attached hydrogens (tertiary/aromatic N) is 1. The van der Waals surface area contributed by atoms with Crippen LogP contribution < -0.4 is 4.90 Å². The van der Waals surface area contributed by atoms with Crippen molar-refractivity contribution < 1.29 is 17.6 Å². The Labute approximate surface area is 104 Å². The molecular formula is C13H17F4N. The summed E-state index contributed by atoms with van der Waals surface area (Å²) < 4.78 is 54.0. The molecule has 0 aromatic heterocycles. The van der Waals surface area contributed by atoms with E-state index in [0.717, 1.165) is 19.8 Å². The van der Waals surface area contributed by atoms with Crippen LogP contribution in [-0.4, -0.2) is 13.1 Å². The fourth-order valence-corrected chi connectivity index (χ4v) is 1.79. The molecule has 0 bridgehead atoms. The number of anilines is 1. The number of hydrogen-bond donors (Lipinski definition) is 0. The Morgan fingerprint density at radius 3 is 2.00 bits per heavy atom. The Balaban J connectivity index is 3.30. The fourth-order valence-electron chi connectivity index (χ4n) is 1.79. The van der Waals surface area contributed by atoms with Crippen LogP contribution in [0.3, 0.4) is 0 Å². The quantitative estimate of drug-likeness (QED) is 0.437. The number of benzene rings is 1. The normalized spacial score (nSPS) is 10.8. The van der Waals surface area contributed by atoms with Crippen molar-refractivity contribution in [2.24, 2.45) is 0 Å². The lowest BCUT2D eigenvalue weighted by molar-refractivity contribution is 0.427. The Hall–Kier alpha value is -1.26. The van der Waals surface area contributed by atoms with E-state index < -0.39 is 34.5 Å². The molecule has 0 radical (unpaired) electrons. The average molecular weight is 263 g/mol. The molecule has 0 saturated carbocycles. The maximum Gasteiger partial charge on any atom is 0.197 e. The van der Waals surface area contributed by atoms with E-state index in [1.165, 1.54) is 4.90 Å². The molecule has 0 atom stereocenters. The van der Waals surface area contributed by atoms with Gasteiger partial charge in [-0.2, -0.15) is 0 Å². The van der Waals surface area contributed by atoms with Crippen LogP contribution in [0, 0.1) is 30.2 Å². The molecule has 102 valence electrons.